The summed E-state index contributed by atoms with van der Waals surface area (Å²) in [6, 6.07) is 62.4. The molecule has 6 heterocycles. The number of benzene rings is 9. The van der Waals surface area contributed by atoms with Crippen LogP contribution in [0.5, 0.6) is 0 Å². The van der Waals surface area contributed by atoms with Crippen LogP contribution in [0.4, 0.5) is 0 Å². The summed E-state index contributed by atoms with van der Waals surface area (Å²) in [4.78, 5) is 11.8. The van der Waals surface area contributed by atoms with Crippen LogP contribution >= 0.6 is 22.7 Å². The summed E-state index contributed by atoms with van der Waals surface area (Å²) < 4.78 is 15.0. The second-order valence-electron chi connectivity index (χ2n) is 18.3. The molecule has 9 aromatic carbocycles. The zero-order valence-electron chi connectivity index (χ0n) is 35.9. The molecule has 16 rings (SSSR count). The lowest BCUT2D eigenvalue weighted by Gasteiger charge is -2.24. The predicted molar refractivity (Wildman–Crippen MR) is 285 cm³/mol. The second-order valence-corrected chi connectivity index (χ2v) is 20.4. The van der Waals surface area contributed by atoms with Gasteiger partial charge < -0.3 is 8.98 Å². The molecule has 0 N–H and O–H groups in total. The highest BCUT2D eigenvalue weighted by atomic mass is 32.1. The lowest BCUT2D eigenvalue weighted by atomic mass is 9.81. The summed E-state index contributed by atoms with van der Waals surface area (Å²) >= 11 is 3.69. The van der Waals surface area contributed by atoms with Crippen molar-refractivity contribution in [3.05, 3.63) is 209 Å². The van der Waals surface area contributed by atoms with Gasteiger partial charge in [-0.25, -0.2) is 9.98 Å². The number of aromatic nitrogens is 1. The van der Waals surface area contributed by atoms with Gasteiger partial charge in [-0.3, -0.25) is 0 Å². The van der Waals surface area contributed by atoms with E-state index in [1.807, 2.05) is 22.7 Å². The molecule has 0 radical (unpaired) electrons. The van der Waals surface area contributed by atoms with Crippen LogP contribution in [0.25, 0.3) is 112 Å². The summed E-state index contributed by atoms with van der Waals surface area (Å²) in [5.74, 6) is 0.725. The van der Waals surface area contributed by atoms with Crippen LogP contribution in [0.1, 0.15) is 46.7 Å². The highest BCUT2D eigenvalue weighted by Gasteiger charge is 2.39. The molecule has 0 saturated heterocycles. The molecule has 2 aliphatic heterocycles. The smallest absolute Gasteiger partial charge is 0.160 e. The van der Waals surface area contributed by atoms with Crippen molar-refractivity contribution in [2.24, 2.45) is 9.98 Å². The van der Waals surface area contributed by atoms with Gasteiger partial charge in [-0.05, 0) is 94.4 Å². The lowest BCUT2D eigenvalue weighted by molar-refractivity contribution is 0.667. The average Bonchev–Trinajstić information content (AvgIpc) is 4.09. The second kappa shape index (κ2) is 13.4. The highest BCUT2D eigenvalue weighted by molar-refractivity contribution is 7.26. The Balaban J connectivity index is 1.07. The van der Waals surface area contributed by atoms with Crippen molar-refractivity contribution in [3.8, 4) is 5.69 Å². The zero-order valence-corrected chi connectivity index (χ0v) is 37.5. The van der Waals surface area contributed by atoms with Crippen molar-refractivity contribution in [2.75, 3.05) is 0 Å². The molecule has 0 bridgehead atoms. The molecule has 0 spiro atoms. The predicted octanol–water partition coefficient (Wildman–Crippen LogP) is 17.1. The molecule has 4 nitrogen and oxygen atoms in total. The number of hydrogen-bond donors (Lipinski definition) is 0. The number of nitrogens with zero attached hydrogens (tertiary/aromatic N) is 3. The van der Waals surface area contributed by atoms with Gasteiger partial charge in [-0.2, -0.15) is 0 Å². The molecular weight excluding hydrogens is 855 g/mol. The number of hydrogen-bond acceptors (Lipinski definition) is 5. The SMILES string of the molecule is C1=Cc2c3n(c4cc5ccccc5cc24)-c2c(c4oc5ccccc5c4c4ccccc24)C2=C(CC(c4ccc5sc6ccccc6c5c4)=NC(c4ccc5sc6ccccc6c5c4)=N2)C3C1. The topological polar surface area (TPSA) is 42.8 Å². The van der Waals surface area contributed by atoms with E-state index in [4.69, 9.17) is 14.4 Å². The third-order valence-electron chi connectivity index (χ3n) is 14.8. The Hall–Kier alpha value is -7.90. The van der Waals surface area contributed by atoms with Crippen molar-refractivity contribution in [1.29, 1.82) is 0 Å². The van der Waals surface area contributed by atoms with Crippen molar-refractivity contribution < 1.29 is 4.42 Å². The van der Waals surface area contributed by atoms with E-state index in [0.717, 1.165) is 62.1 Å². The average molecular weight is 890 g/mol. The number of thiophene rings is 2. The molecule has 0 fully saturated rings. The highest BCUT2D eigenvalue weighted by Crippen LogP contribution is 2.55. The molecule has 312 valence electrons. The van der Waals surface area contributed by atoms with Gasteiger partial charge in [-0.15, -0.1) is 22.7 Å². The molecule has 67 heavy (non-hydrogen) atoms. The first-order valence-electron chi connectivity index (χ1n) is 23.0. The normalized spacial score (nSPS) is 15.9. The van der Waals surface area contributed by atoms with Crippen LogP contribution in [0, 0.1) is 0 Å². The van der Waals surface area contributed by atoms with Crippen LogP contribution < -0.4 is 0 Å². The first kappa shape index (κ1) is 36.3. The number of aliphatic imine (C=N–C) groups is 2. The fourth-order valence-corrected chi connectivity index (χ4v) is 14.0. The quantitative estimate of drug-likeness (QED) is 0.170. The molecule has 6 heteroatoms. The van der Waals surface area contributed by atoms with E-state index in [1.165, 1.54) is 89.6 Å². The first-order chi connectivity index (χ1) is 33.2. The number of furan rings is 1. The van der Waals surface area contributed by atoms with Gasteiger partial charge in [-0.1, -0.05) is 121 Å². The number of fused-ring (bicyclic) bond motifs is 21. The van der Waals surface area contributed by atoms with Gasteiger partial charge in [0.1, 0.15) is 11.2 Å². The fourth-order valence-electron chi connectivity index (χ4n) is 11.8. The van der Waals surface area contributed by atoms with Crippen LogP contribution in [0.2, 0.25) is 0 Å². The van der Waals surface area contributed by atoms with E-state index >= 15 is 0 Å². The molecule has 1 aliphatic carbocycles. The molecule has 0 amide bonds. The first-order valence-corrected chi connectivity index (χ1v) is 24.7. The Bertz CT molecular complexity index is 4530. The van der Waals surface area contributed by atoms with E-state index in [0.29, 0.717) is 12.3 Å². The van der Waals surface area contributed by atoms with E-state index < -0.39 is 0 Å². The summed E-state index contributed by atoms with van der Waals surface area (Å²) in [6.45, 7) is 0. The Morgan fingerprint density at radius 1 is 0.537 bits per heavy atom. The van der Waals surface area contributed by atoms with Crippen LogP contribution in [0.3, 0.4) is 0 Å². The van der Waals surface area contributed by atoms with Crippen molar-refractivity contribution >= 4 is 141 Å². The standard InChI is InChI=1S/C61H35N3OS2/c1-2-13-34-31-49-44(28-33(34)12-1)41-19-11-20-42-47-32-48(35-24-26-53-45(29-35)37-14-6-9-22-51(37)66-53)62-61(36-25-27-54-46(30-36)38-15-7-10-23-52(38)67-54)63-57(47)56-59(64(49)58(41)42)40-17-4-3-16-39(40)55-43-18-5-8-21-50(43)65-60(55)56/h1-19,21-31,42H,20,32H2. The van der Waals surface area contributed by atoms with Crippen molar-refractivity contribution in [3.63, 3.8) is 0 Å². The summed E-state index contributed by atoms with van der Waals surface area (Å²) in [6.07, 6.45) is 6.24. The Morgan fingerprint density at radius 2 is 1.16 bits per heavy atom. The minimum Gasteiger partial charge on any atom is -0.455 e. The molecule has 0 saturated carbocycles. The Kier molecular flexibility index (Phi) is 7.24. The monoisotopic (exact) mass is 889 g/mol. The molecule has 13 aromatic rings. The van der Waals surface area contributed by atoms with Crippen molar-refractivity contribution in [2.45, 2.75) is 18.8 Å². The minimum absolute atomic E-state index is 0.0124. The van der Waals surface area contributed by atoms with Crippen LogP contribution in [0.15, 0.2) is 196 Å². The third kappa shape index (κ3) is 5.01. The summed E-state index contributed by atoms with van der Waals surface area (Å²) in [5.41, 5.74) is 13.0. The number of rotatable bonds is 2. The van der Waals surface area contributed by atoms with Crippen LogP contribution in [-0.4, -0.2) is 16.1 Å². The Morgan fingerprint density at radius 3 is 1.94 bits per heavy atom. The van der Waals surface area contributed by atoms with Gasteiger partial charge in [0.2, 0.25) is 0 Å². The van der Waals surface area contributed by atoms with Gasteiger partial charge in [0, 0.05) is 91.0 Å². The number of allylic oxidation sites excluding steroid dienone is 2. The van der Waals surface area contributed by atoms with E-state index in [9.17, 15) is 0 Å². The van der Waals surface area contributed by atoms with Gasteiger partial charge in [0.25, 0.3) is 0 Å². The van der Waals surface area contributed by atoms with Crippen LogP contribution in [-0.2, 0) is 0 Å². The Labute approximate surface area is 391 Å². The fraction of sp³-hybridized carbons (Fsp3) is 0.0492. The number of para-hydroxylation sites is 1. The molecule has 1 unspecified atom stereocenters. The molecule has 1 atom stereocenters. The van der Waals surface area contributed by atoms with Gasteiger partial charge in [0.05, 0.1) is 28.2 Å². The maximum atomic E-state index is 7.25. The number of amidine groups is 1. The van der Waals surface area contributed by atoms with Gasteiger partial charge >= 0.3 is 0 Å². The maximum Gasteiger partial charge on any atom is 0.160 e. The molecule has 4 aromatic heterocycles. The molecular formula is C61H35N3OS2. The molecule has 3 aliphatic rings. The lowest BCUT2D eigenvalue weighted by Crippen LogP contribution is -2.14. The van der Waals surface area contributed by atoms with E-state index in [2.05, 4.69) is 187 Å². The van der Waals surface area contributed by atoms with Gasteiger partial charge in [0.15, 0.2) is 5.84 Å². The largest absolute Gasteiger partial charge is 0.455 e. The summed E-state index contributed by atoms with van der Waals surface area (Å²) in [5, 5.41) is 13.3. The minimum atomic E-state index is 0.0124. The third-order valence-corrected chi connectivity index (χ3v) is 17.1. The zero-order chi connectivity index (χ0) is 43.5. The van der Waals surface area contributed by atoms with E-state index in [1.54, 1.807) is 0 Å². The van der Waals surface area contributed by atoms with Crippen molar-refractivity contribution in [1.82, 2.24) is 4.57 Å². The maximum absolute atomic E-state index is 7.25. The summed E-state index contributed by atoms with van der Waals surface area (Å²) in [7, 11) is 0. The van der Waals surface area contributed by atoms with E-state index in [-0.39, 0.29) is 5.92 Å².